The third-order valence-corrected chi connectivity index (χ3v) is 4.34. The van der Waals surface area contributed by atoms with Crippen molar-refractivity contribution in [3.8, 4) is 11.5 Å². The highest BCUT2D eigenvalue weighted by Crippen LogP contribution is 2.27. The SMILES string of the molecule is CCOC(=O)c1nc(-c2ccccc2)oc1CN1CCOCC1(C)C. The summed E-state index contributed by atoms with van der Waals surface area (Å²) < 4.78 is 16.7. The molecule has 25 heavy (non-hydrogen) atoms. The summed E-state index contributed by atoms with van der Waals surface area (Å²) in [6.07, 6.45) is 0. The fourth-order valence-corrected chi connectivity index (χ4v) is 2.88. The smallest absolute Gasteiger partial charge is 0.360 e. The molecule has 6 nitrogen and oxygen atoms in total. The Morgan fingerprint density at radius 2 is 2.08 bits per heavy atom. The van der Waals surface area contributed by atoms with Gasteiger partial charge in [-0.2, -0.15) is 0 Å². The van der Waals surface area contributed by atoms with Gasteiger partial charge >= 0.3 is 5.97 Å². The lowest BCUT2D eigenvalue weighted by atomic mass is 10.0. The van der Waals surface area contributed by atoms with Gasteiger partial charge in [0.1, 0.15) is 0 Å². The number of aromatic nitrogens is 1. The molecule has 0 unspecified atom stereocenters. The maximum atomic E-state index is 12.3. The molecule has 1 saturated heterocycles. The molecule has 0 saturated carbocycles. The van der Waals surface area contributed by atoms with E-state index in [2.05, 4.69) is 23.7 Å². The maximum absolute atomic E-state index is 12.3. The molecule has 0 amide bonds. The number of carbonyl (C=O) groups excluding carboxylic acids is 1. The zero-order chi connectivity index (χ0) is 17.9. The predicted octanol–water partition coefficient (Wildman–Crippen LogP) is 3.13. The van der Waals surface area contributed by atoms with Crippen LogP contribution in [0.15, 0.2) is 34.7 Å². The van der Waals surface area contributed by atoms with E-state index in [1.807, 2.05) is 30.3 Å². The molecular formula is C19H24N2O4. The Kier molecular flexibility index (Phi) is 5.20. The summed E-state index contributed by atoms with van der Waals surface area (Å²) in [6.45, 7) is 8.88. The van der Waals surface area contributed by atoms with E-state index in [4.69, 9.17) is 13.9 Å². The van der Waals surface area contributed by atoms with E-state index < -0.39 is 5.97 Å². The van der Waals surface area contributed by atoms with Crippen molar-refractivity contribution in [2.45, 2.75) is 32.9 Å². The first kappa shape index (κ1) is 17.6. The molecule has 0 bridgehead atoms. The average Bonchev–Trinajstić information content (AvgIpc) is 3.02. The summed E-state index contributed by atoms with van der Waals surface area (Å²) in [5, 5.41) is 0. The van der Waals surface area contributed by atoms with Crippen LogP contribution in [-0.4, -0.2) is 47.8 Å². The molecule has 1 aromatic heterocycles. The topological polar surface area (TPSA) is 64.8 Å². The van der Waals surface area contributed by atoms with Crippen molar-refractivity contribution in [3.05, 3.63) is 41.8 Å². The molecule has 0 N–H and O–H groups in total. The minimum atomic E-state index is -0.450. The van der Waals surface area contributed by atoms with Crippen molar-refractivity contribution in [2.75, 3.05) is 26.4 Å². The van der Waals surface area contributed by atoms with Crippen LogP contribution in [0, 0.1) is 0 Å². The van der Waals surface area contributed by atoms with E-state index in [1.54, 1.807) is 6.92 Å². The van der Waals surface area contributed by atoms with Gasteiger partial charge in [-0.25, -0.2) is 9.78 Å². The number of rotatable bonds is 5. The molecule has 1 aliphatic rings. The predicted molar refractivity (Wildman–Crippen MR) is 93.2 cm³/mol. The summed E-state index contributed by atoms with van der Waals surface area (Å²) in [4.78, 5) is 19.0. The third kappa shape index (κ3) is 3.91. The first-order valence-electron chi connectivity index (χ1n) is 8.56. The van der Waals surface area contributed by atoms with Gasteiger partial charge in [-0.1, -0.05) is 18.2 Å². The summed E-state index contributed by atoms with van der Waals surface area (Å²) in [5.74, 6) is 0.520. The number of hydrogen-bond donors (Lipinski definition) is 0. The van der Waals surface area contributed by atoms with E-state index in [-0.39, 0.29) is 11.2 Å². The highest BCUT2D eigenvalue weighted by molar-refractivity contribution is 5.89. The Morgan fingerprint density at radius 3 is 2.76 bits per heavy atom. The lowest BCUT2D eigenvalue weighted by molar-refractivity contribution is -0.0578. The normalized spacial score (nSPS) is 17.4. The minimum Gasteiger partial charge on any atom is -0.461 e. The average molecular weight is 344 g/mol. The fraction of sp³-hybridized carbons (Fsp3) is 0.474. The van der Waals surface area contributed by atoms with Crippen molar-refractivity contribution in [1.29, 1.82) is 0 Å². The third-order valence-electron chi connectivity index (χ3n) is 4.34. The Labute approximate surface area is 147 Å². The zero-order valence-corrected chi connectivity index (χ0v) is 14.9. The van der Waals surface area contributed by atoms with Gasteiger partial charge in [0.25, 0.3) is 0 Å². The Morgan fingerprint density at radius 1 is 1.32 bits per heavy atom. The number of oxazole rings is 1. The Hall–Kier alpha value is -2.18. The molecule has 6 heteroatoms. The van der Waals surface area contributed by atoms with Gasteiger partial charge < -0.3 is 13.9 Å². The summed E-state index contributed by atoms with van der Waals surface area (Å²) in [5.41, 5.74) is 0.952. The zero-order valence-electron chi connectivity index (χ0n) is 14.9. The first-order chi connectivity index (χ1) is 12.0. The molecule has 0 radical (unpaired) electrons. The van der Waals surface area contributed by atoms with E-state index in [1.165, 1.54) is 0 Å². The van der Waals surface area contributed by atoms with Crippen molar-refractivity contribution in [3.63, 3.8) is 0 Å². The second kappa shape index (κ2) is 7.37. The Balaban J connectivity index is 1.93. The molecule has 1 aliphatic heterocycles. The van der Waals surface area contributed by atoms with E-state index >= 15 is 0 Å². The summed E-state index contributed by atoms with van der Waals surface area (Å²) in [7, 11) is 0. The van der Waals surface area contributed by atoms with Crippen LogP contribution in [0.3, 0.4) is 0 Å². The molecule has 2 heterocycles. The van der Waals surface area contributed by atoms with Crippen molar-refractivity contribution in [2.24, 2.45) is 0 Å². The molecular weight excluding hydrogens is 320 g/mol. The molecule has 134 valence electrons. The quantitative estimate of drug-likeness (QED) is 0.777. The molecule has 1 aromatic carbocycles. The molecule has 2 aromatic rings. The van der Waals surface area contributed by atoms with Crippen LogP contribution in [-0.2, 0) is 16.0 Å². The first-order valence-corrected chi connectivity index (χ1v) is 8.56. The molecule has 0 aliphatic carbocycles. The summed E-state index contributed by atoms with van der Waals surface area (Å²) in [6, 6.07) is 9.56. The van der Waals surface area contributed by atoms with Crippen molar-refractivity contribution >= 4 is 5.97 Å². The molecule has 1 fully saturated rings. The Bertz CT molecular complexity index is 724. The van der Waals surface area contributed by atoms with E-state index in [0.29, 0.717) is 38.0 Å². The van der Waals surface area contributed by atoms with Gasteiger partial charge in [0.15, 0.2) is 11.5 Å². The summed E-state index contributed by atoms with van der Waals surface area (Å²) >= 11 is 0. The van der Waals surface area contributed by atoms with Crippen LogP contribution in [0.1, 0.15) is 37.0 Å². The van der Waals surface area contributed by atoms with Gasteiger partial charge in [-0.15, -0.1) is 0 Å². The second-order valence-electron chi connectivity index (χ2n) is 6.66. The van der Waals surface area contributed by atoms with Gasteiger partial charge in [0.05, 0.1) is 26.4 Å². The highest BCUT2D eigenvalue weighted by Gasteiger charge is 2.33. The van der Waals surface area contributed by atoms with Crippen molar-refractivity contribution < 1.29 is 18.7 Å². The molecule has 0 atom stereocenters. The van der Waals surface area contributed by atoms with E-state index in [0.717, 1.165) is 12.1 Å². The minimum absolute atomic E-state index is 0.135. The number of nitrogens with zero attached hydrogens (tertiary/aromatic N) is 2. The second-order valence-corrected chi connectivity index (χ2v) is 6.66. The molecule has 3 rings (SSSR count). The monoisotopic (exact) mass is 344 g/mol. The number of esters is 1. The van der Waals surface area contributed by atoms with Crippen LogP contribution in [0.25, 0.3) is 11.5 Å². The van der Waals surface area contributed by atoms with Crippen molar-refractivity contribution in [1.82, 2.24) is 9.88 Å². The highest BCUT2D eigenvalue weighted by atomic mass is 16.5. The standard InChI is InChI=1S/C19H24N2O4/c1-4-24-18(22)16-15(12-21-10-11-23-13-19(21,2)3)25-17(20-16)14-8-6-5-7-9-14/h5-9H,4,10-13H2,1-3H3. The number of morpholine rings is 1. The van der Waals surface area contributed by atoms with Crippen LogP contribution in [0.2, 0.25) is 0 Å². The lowest BCUT2D eigenvalue weighted by Gasteiger charge is -2.41. The van der Waals surface area contributed by atoms with Gasteiger partial charge in [-0.3, -0.25) is 4.90 Å². The van der Waals surface area contributed by atoms with Crippen LogP contribution in [0.4, 0.5) is 0 Å². The van der Waals surface area contributed by atoms with Gasteiger partial charge in [-0.05, 0) is 32.9 Å². The largest absolute Gasteiger partial charge is 0.461 e. The van der Waals surface area contributed by atoms with Crippen LogP contribution in [0.5, 0.6) is 0 Å². The number of benzene rings is 1. The number of carbonyl (C=O) groups is 1. The van der Waals surface area contributed by atoms with E-state index in [9.17, 15) is 4.79 Å². The fourth-order valence-electron chi connectivity index (χ4n) is 2.88. The number of ether oxygens (including phenoxy) is 2. The number of hydrogen-bond acceptors (Lipinski definition) is 6. The van der Waals surface area contributed by atoms with Gasteiger partial charge in [0.2, 0.25) is 5.89 Å². The van der Waals surface area contributed by atoms with Crippen LogP contribution < -0.4 is 0 Å². The lowest BCUT2D eigenvalue weighted by Crippen LogP contribution is -2.52. The van der Waals surface area contributed by atoms with Gasteiger partial charge in [0, 0.05) is 17.6 Å². The maximum Gasteiger partial charge on any atom is 0.360 e. The van der Waals surface area contributed by atoms with Crippen LogP contribution >= 0.6 is 0 Å². The molecule has 0 spiro atoms.